The number of nitrogens with two attached hydrogens (primary N) is 1. The van der Waals surface area contributed by atoms with Crippen LogP contribution in [0.25, 0.3) is 0 Å². The minimum Gasteiger partial charge on any atom is -0.339 e. The minimum atomic E-state index is 0.614. The number of hydrogen-bond acceptors (Lipinski definition) is 5. The molecule has 0 saturated carbocycles. The monoisotopic (exact) mass is 277 g/mol. The van der Waals surface area contributed by atoms with Gasteiger partial charge in [-0.15, -0.1) is 0 Å². The summed E-state index contributed by atoms with van der Waals surface area (Å²) in [6.07, 6.45) is 2.21. The third-order valence-corrected chi connectivity index (χ3v) is 3.13. The zero-order valence-electron chi connectivity index (χ0n) is 10.9. The lowest BCUT2D eigenvalue weighted by atomic mass is 10.2. The molecule has 0 aliphatic heterocycles. The Labute approximate surface area is 117 Å². The molecular formula is C13H16ClN5. The molecule has 0 aliphatic carbocycles. The summed E-state index contributed by atoms with van der Waals surface area (Å²) in [6, 6.07) is 5.82. The van der Waals surface area contributed by atoms with Crippen molar-refractivity contribution in [1.29, 1.82) is 0 Å². The second-order valence-electron chi connectivity index (χ2n) is 4.16. The van der Waals surface area contributed by atoms with Gasteiger partial charge in [0.25, 0.3) is 0 Å². The normalized spacial score (nSPS) is 10.3. The number of hydrogen-bond donors (Lipinski definition) is 3. The lowest BCUT2D eigenvalue weighted by molar-refractivity contribution is 1.04. The van der Waals surface area contributed by atoms with E-state index >= 15 is 0 Å². The van der Waals surface area contributed by atoms with Crippen molar-refractivity contribution < 1.29 is 0 Å². The van der Waals surface area contributed by atoms with E-state index in [1.54, 1.807) is 0 Å². The average Bonchev–Trinajstić information content (AvgIpc) is 2.41. The van der Waals surface area contributed by atoms with Gasteiger partial charge in [0.1, 0.15) is 18.0 Å². The van der Waals surface area contributed by atoms with Crippen LogP contribution in [0.5, 0.6) is 0 Å². The van der Waals surface area contributed by atoms with E-state index in [-0.39, 0.29) is 0 Å². The number of aromatic nitrogens is 2. The first-order valence-corrected chi connectivity index (χ1v) is 6.37. The number of nitrogen functional groups attached to an aromatic ring is 1. The summed E-state index contributed by atoms with van der Waals surface area (Å²) in [4.78, 5) is 8.33. The van der Waals surface area contributed by atoms with E-state index in [4.69, 9.17) is 17.4 Å². The Morgan fingerprint density at radius 1 is 1.26 bits per heavy atom. The molecule has 5 nitrogen and oxygen atoms in total. The molecule has 4 N–H and O–H groups in total. The number of nitrogens with zero attached hydrogens (tertiary/aromatic N) is 2. The van der Waals surface area contributed by atoms with Crippen LogP contribution in [-0.4, -0.2) is 9.97 Å². The maximum absolute atomic E-state index is 6.20. The van der Waals surface area contributed by atoms with Crippen LogP contribution in [0.15, 0.2) is 24.5 Å². The summed E-state index contributed by atoms with van der Waals surface area (Å²) in [5, 5.41) is 3.87. The second kappa shape index (κ2) is 5.86. The molecular weight excluding hydrogens is 262 g/mol. The molecule has 1 aromatic heterocycles. The molecule has 19 heavy (non-hydrogen) atoms. The molecule has 0 saturated heterocycles. The van der Waals surface area contributed by atoms with E-state index in [9.17, 15) is 0 Å². The highest BCUT2D eigenvalue weighted by atomic mass is 35.5. The number of halogens is 1. The van der Waals surface area contributed by atoms with Crippen molar-refractivity contribution in [2.45, 2.75) is 20.3 Å². The standard InChI is InChI=1S/C13H16ClN5/c1-3-9-12(16-7-17-13(9)19-15)18-11-5-4-8(2)6-10(11)14/h4-7H,3,15H2,1-2H3,(H2,16,17,18,19). The first kappa shape index (κ1) is 13.6. The predicted octanol–water partition coefficient (Wildman–Crippen LogP) is 3.03. The van der Waals surface area contributed by atoms with E-state index in [1.165, 1.54) is 6.33 Å². The van der Waals surface area contributed by atoms with Gasteiger partial charge in [-0.05, 0) is 31.0 Å². The Kier molecular flexibility index (Phi) is 4.19. The van der Waals surface area contributed by atoms with Gasteiger partial charge in [-0.1, -0.05) is 24.6 Å². The fourth-order valence-electron chi connectivity index (χ4n) is 1.83. The van der Waals surface area contributed by atoms with E-state index in [0.717, 1.165) is 23.2 Å². The molecule has 1 heterocycles. The van der Waals surface area contributed by atoms with Gasteiger partial charge in [0, 0.05) is 5.56 Å². The number of nitrogens with one attached hydrogen (secondary N) is 2. The number of aryl methyl sites for hydroxylation is 1. The fourth-order valence-corrected chi connectivity index (χ4v) is 2.11. The molecule has 6 heteroatoms. The maximum atomic E-state index is 6.20. The number of hydrazine groups is 1. The van der Waals surface area contributed by atoms with Gasteiger partial charge >= 0.3 is 0 Å². The van der Waals surface area contributed by atoms with Gasteiger partial charge in [0.2, 0.25) is 0 Å². The predicted molar refractivity (Wildman–Crippen MR) is 78.7 cm³/mol. The highest BCUT2D eigenvalue weighted by Crippen LogP contribution is 2.28. The molecule has 100 valence electrons. The topological polar surface area (TPSA) is 75.9 Å². The van der Waals surface area contributed by atoms with Crippen LogP contribution in [0.2, 0.25) is 5.02 Å². The zero-order valence-corrected chi connectivity index (χ0v) is 11.6. The zero-order chi connectivity index (χ0) is 13.8. The summed E-state index contributed by atoms with van der Waals surface area (Å²) in [5.41, 5.74) is 5.41. The second-order valence-corrected chi connectivity index (χ2v) is 4.56. The van der Waals surface area contributed by atoms with Gasteiger partial charge in [0.15, 0.2) is 0 Å². The quantitative estimate of drug-likeness (QED) is 0.592. The largest absolute Gasteiger partial charge is 0.339 e. The Morgan fingerprint density at radius 3 is 2.63 bits per heavy atom. The van der Waals surface area contributed by atoms with Crippen molar-refractivity contribution in [1.82, 2.24) is 9.97 Å². The molecule has 0 spiro atoms. The number of benzene rings is 1. The minimum absolute atomic E-state index is 0.614. The van der Waals surface area contributed by atoms with Crippen LogP contribution in [0.3, 0.4) is 0 Å². The van der Waals surface area contributed by atoms with Gasteiger partial charge in [-0.25, -0.2) is 15.8 Å². The van der Waals surface area contributed by atoms with Crippen molar-refractivity contribution >= 4 is 28.9 Å². The van der Waals surface area contributed by atoms with Crippen molar-refractivity contribution in [2.24, 2.45) is 5.84 Å². The summed E-state index contributed by atoms with van der Waals surface area (Å²) in [7, 11) is 0. The van der Waals surface area contributed by atoms with E-state index < -0.39 is 0 Å². The molecule has 0 aliphatic rings. The lowest BCUT2D eigenvalue weighted by Crippen LogP contribution is -2.13. The summed E-state index contributed by atoms with van der Waals surface area (Å²) < 4.78 is 0. The molecule has 2 rings (SSSR count). The molecule has 0 radical (unpaired) electrons. The molecule has 0 atom stereocenters. The van der Waals surface area contributed by atoms with Gasteiger partial charge < -0.3 is 10.7 Å². The highest BCUT2D eigenvalue weighted by molar-refractivity contribution is 6.33. The Morgan fingerprint density at radius 2 is 2.00 bits per heavy atom. The van der Waals surface area contributed by atoms with Crippen LogP contribution >= 0.6 is 11.6 Å². The molecule has 1 aromatic carbocycles. The number of rotatable bonds is 4. The van der Waals surface area contributed by atoms with Crippen molar-refractivity contribution in [3.8, 4) is 0 Å². The molecule has 0 amide bonds. The fraction of sp³-hybridized carbons (Fsp3) is 0.231. The smallest absolute Gasteiger partial charge is 0.148 e. The third-order valence-electron chi connectivity index (χ3n) is 2.81. The van der Waals surface area contributed by atoms with Crippen molar-refractivity contribution in [2.75, 3.05) is 10.7 Å². The Bertz CT molecular complexity index is 585. The summed E-state index contributed by atoms with van der Waals surface area (Å²) in [5.74, 6) is 6.76. The molecule has 0 fully saturated rings. The van der Waals surface area contributed by atoms with Crippen molar-refractivity contribution in [3.63, 3.8) is 0 Å². The Hall–Kier alpha value is -1.85. The van der Waals surface area contributed by atoms with Crippen molar-refractivity contribution in [3.05, 3.63) is 40.7 Å². The SMILES string of the molecule is CCc1c(NN)ncnc1Nc1ccc(C)cc1Cl. The third kappa shape index (κ3) is 2.94. The van der Waals surface area contributed by atoms with Crippen LogP contribution in [-0.2, 0) is 6.42 Å². The first-order chi connectivity index (χ1) is 9.15. The van der Waals surface area contributed by atoms with Crippen LogP contribution in [0.4, 0.5) is 17.3 Å². The van der Waals surface area contributed by atoms with E-state index in [0.29, 0.717) is 16.7 Å². The maximum Gasteiger partial charge on any atom is 0.148 e. The Balaban J connectivity index is 2.37. The average molecular weight is 278 g/mol. The van der Waals surface area contributed by atoms with Crippen LogP contribution in [0.1, 0.15) is 18.1 Å². The highest BCUT2D eigenvalue weighted by Gasteiger charge is 2.10. The van der Waals surface area contributed by atoms with E-state index in [1.807, 2.05) is 32.0 Å². The molecule has 2 aromatic rings. The van der Waals surface area contributed by atoms with Gasteiger partial charge in [-0.2, -0.15) is 0 Å². The number of anilines is 3. The molecule has 0 unspecified atom stereocenters. The molecule has 0 bridgehead atoms. The summed E-state index contributed by atoms with van der Waals surface area (Å²) >= 11 is 6.20. The summed E-state index contributed by atoms with van der Waals surface area (Å²) in [6.45, 7) is 4.01. The van der Waals surface area contributed by atoms with Crippen LogP contribution in [0, 0.1) is 6.92 Å². The van der Waals surface area contributed by atoms with Gasteiger partial charge in [0.05, 0.1) is 10.7 Å². The first-order valence-electron chi connectivity index (χ1n) is 5.99. The lowest BCUT2D eigenvalue weighted by Gasteiger charge is -2.13. The van der Waals surface area contributed by atoms with E-state index in [2.05, 4.69) is 20.7 Å². The van der Waals surface area contributed by atoms with Crippen LogP contribution < -0.4 is 16.6 Å². The van der Waals surface area contributed by atoms with Gasteiger partial charge in [-0.3, -0.25) is 0 Å².